The van der Waals surface area contributed by atoms with Gasteiger partial charge in [-0.3, -0.25) is 28.6 Å². The van der Waals surface area contributed by atoms with E-state index in [4.69, 9.17) is 11.6 Å². The molecule has 9 nitrogen and oxygen atoms in total. The fraction of sp³-hybridized carbons (Fsp3) is 0.300. The summed E-state index contributed by atoms with van der Waals surface area (Å²) in [6.45, 7) is 0.528. The van der Waals surface area contributed by atoms with Crippen molar-refractivity contribution in [3.8, 4) is 17.1 Å². The lowest BCUT2D eigenvalue weighted by Crippen LogP contribution is -2.39. The molecule has 1 aliphatic rings. The minimum absolute atomic E-state index is 0.123. The number of rotatable bonds is 7. The molecule has 0 atom stereocenters. The minimum Gasteiger partial charge on any atom is -0.349 e. The molecular formula is C30H28ClF2N7O2. The number of benzene rings is 1. The second-order valence-electron chi connectivity index (χ2n) is 10.6. The lowest BCUT2D eigenvalue weighted by molar-refractivity contribution is 0.0904. The number of halogens is 3. The fourth-order valence-corrected chi connectivity index (χ4v) is 5.83. The van der Waals surface area contributed by atoms with Crippen LogP contribution in [-0.4, -0.2) is 40.8 Å². The molecule has 1 aliphatic carbocycles. The zero-order valence-electron chi connectivity index (χ0n) is 22.8. The number of carbonyl (C=O) groups is 1. The average Bonchev–Trinajstić information content (AvgIpc) is 3.54. The van der Waals surface area contributed by atoms with Crippen molar-refractivity contribution in [2.45, 2.75) is 44.7 Å². The summed E-state index contributed by atoms with van der Waals surface area (Å²) in [6, 6.07) is 14.3. The molecular weight excluding hydrogens is 564 g/mol. The number of hydrogen-bond acceptors (Lipinski definition) is 5. The first kappa shape index (κ1) is 27.8. The van der Waals surface area contributed by atoms with Gasteiger partial charge in [-0.05, 0) is 68.0 Å². The van der Waals surface area contributed by atoms with Gasteiger partial charge in [0.15, 0.2) is 0 Å². The van der Waals surface area contributed by atoms with E-state index in [0.29, 0.717) is 25.1 Å². The van der Waals surface area contributed by atoms with Gasteiger partial charge in [0.1, 0.15) is 11.4 Å². The van der Waals surface area contributed by atoms with Crippen LogP contribution in [0.1, 0.15) is 48.2 Å². The molecule has 0 radical (unpaired) electrons. The highest BCUT2D eigenvalue weighted by Gasteiger charge is 2.27. The Bertz CT molecular complexity index is 1800. The van der Waals surface area contributed by atoms with Crippen molar-refractivity contribution in [1.29, 1.82) is 0 Å². The molecule has 0 bridgehead atoms. The van der Waals surface area contributed by atoms with Crippen LogP contribution in [0.2, 0.25) is 5.02 Å². The van der Waals surface area contributed by atoms with E-state index in [0.717, 1.165) is 41.5 Å². The first-order chi connectivity index (χ1) is 20.3. The number of aromatic nitrogens is 6. The van der Waals surface area contributed by atoms with Gasteiger partial charge in [-0.15, -0.1) is 0 Å². The molecule has 0 spiro atoms. The van der Waals surface area contributed by atoms with E-state index in [1.165, 1.54) is 6.07 Å². The smallest absolute Gasteiger partial charge is 0.333 e. The topological polar surface area (TPSA) is 99.6 Å². The zero-order valence-corrected chi connectivity index (χ0v) is 23.5. The standard InChI is InChI=1S/C30H28ClF2N7O2/c1-38-13-12-24(37-38)23-11-10-21(16-34-23)40-26-5-3-2-4-25(26)39(30(40)42)17-18-6-8-20(9-7-18)36-29(41)22-14-19(31)15-35-27(22)28(32)33/h2-5,10-16,18,20,28H,6-9,17H2,1H3,(H,36,41)/t18-,20-. The number of aryl methyl sites for hydroxylation is 1. The van der Waals surface area contributed by atoms with Crippen molar-refractivity contribution in [3.63, 3.8) is 0 Å². The highest BCUT2D eigenvalue weighted by molar-refractivity contribution is 6.30. The third kappa shape index (κ3) is 5.44. The lowest BCUT2D eigenvalue weighted by Gasteiger charge is -2.29. The van der Waals surface area contributed by atoms with Gasteiger partial charge in [-0.1, -0.05) is 23.7 Å². The van der Waals surface area contributed by atoms with Crippen LogP contribution in [0, 0.1) is 5.92 Å². The highest BCUT2D eigenvalue weighted by atomic mass is 35.5. The summed E-state index contributed by atoms with van der Waals surface area (Å²) in [4.78, 5) is 34.7. The van der Waals surface area contributed by atoms with E-state index in [1.807, 2.05) is 55.7 Å². The van der Waals surface area contributed by atoms with Crippen molar-refractivity contribution in [3.05, 3.63) is 93.9 Å². The van der Waals surface area contributed by atoms with Gasteiger partial charge in [-0.25, -0.2) is 13.6 Å². The van der Waals surface area contributed by atoms with Crippen LogP contribution in [-0.2, 0) is 13.6 Å². The summed E-state index contributed by atoms with van der Waals surface area (Å²) >= 11 is 5.91. The van der Waals surface area contributed by atoms with Crippen LogP contribution in [0.25, 0.3) is 28.1 Å². The summed E-state index contributed by atoms with van der Waals surface area (Å²) in [5, 5.41) is 7.38. The van der Waals surface area contributed by atoms with E-state index in [2.05, 4.69) is 20.4 Å². The fourth-order valence-electron chi connectivity index (χ4n) is 5.67. The number of nitrogens with zero attached hydrogens (tertiary/aromatic N) is 6. The van der Waals surface area contributed by atoms with Crippen molar-refractivity contribution in [2.75, 3.05) is 0 Å². The summed E-state index contributed by atoms with van der Waals surface area (Å²) in [6.07, 6.45) is 4.64. The number of amides is 1. The molecule has 1 aromatic carbocycles. The number of para-hydroxylation sites is 2. The minimum atomic E-state index is -2.88. The van der Waals surface area contributed by atoms with E-state index >= 15 is 0 Å². The molecule has 42 heavy (non-hydrogen) atoms. The van der Waals surface area contributed by atoms with Gasteiger partial charge in [0.25, 0.3) is 12.3 Å². The van der Waals surface area contributed by atoms with Crippen LogP contribution in [0.5, 0.6) is 0 Å². The zero-order chi connectivity index (χ0) is 29.4. The molecule has 0 unspecified atom stereocenters. The number of alkyl halides is 2. The second kappa shape index (κ2) is 11.5. The van der Waals surface area contributed by atoms with Crippen LogP contribution in [0.15, 0.2) is 71.9 Å². The molecule has 12 heteroatoms. The monoisotopic (exact) mass is 591 g/mol. The predicted molar refractivity (Wildman–Crippen MR) is 155 cm³/mol. The quantitative estimate of drug-likeness (QED) is 0.267. The van der Waals surface area contributed by atoms with Crippen LogP contribution >= 0.6 is 11.6 Å². The first-order valence-corrected chi connectivity index (χ1v) is 14.1. The number of imidazole rings is 1. The van der Waals surface area contributed by atoms with E-state index in [9.17, 15) is 18.4 Å². The summed E-state index contributed by atoms with van der Waals surface area (Å²) in [7, 11) is 1.85. The molecule has 4 aromatic heterocycles. The van der Waals surface area contributed by atoms with E-state index in [-0.39, 0.29) is 28.2 Å². The van der Waals surface area contributed by atoms with Gasteiger partial charge in [0, 0.05) is 32.0 Å². The number of hydrogen-bond donors (Lipinski definition) is 1. The number of nitrogens with one attached hydrogen (secondary N) is 1. The average molecular weight is 592 g/mol. The molecule has 1 fully saturated rings. The van der Waals surface area contributed by atoms with Crippen molar-refractivity contribution >= 4 is 28.5 Å². The van der Waals surface area contributed by atoms with Gasteiger partial charge in [0.2, 0.25) is 0 Å². The molecule has 6 rings (SSSR count). The third-order valence-corrected chi connectivity index (χ3v) is 7.98. The van der Waals surface area contributed by atoms with Crippen LogP contribution in [0.3, 0.4) is 0 Å². The van der Waals surface area contributed by atoms with Crippen LogP contribution < -0.4 is 11.0 Å². The molecule has 1 amide bonds. The maximum absolute atomic E-state index is 13.7. The van der Waals surface area contributed by atoms with Gasteiger partial charge in [0.05, 0.1) is 39.2 Å². The molecule has 5 aromatic rings. The normalized spacial score (nSPS) is 17.2. The molecule has 0 aliphatic heterocycles. The maximum Gasteiger partial charge on any atom is 0.333 e. The highest BCUT2D eigenvalue weighted by Crippen LogP contribution is 2.29. The van der Waals surface area contributed by atoms with Crippen molar-refractivity contribution in [2.24, 2.45) is 13.0 Å². The van der Waals surface area contributed by atoms with Gasteiger partial charge < -0.3 is 5.32 Å². The number of fused-ring (bicyclic) bond motifs is 1. The Morgan fingerprint density at radius 1 is 1.02 bits per heavy atom. The summed E-state index contributed by atoms with van der Waals surface area (Å²) < 4.78 is 31.9. The SMILES string of the molecule is Cn1ccc(-c2ccc(-n3c(=O)n(C[C@H]4CC[C@H](NC(=O)c5cc(Cl)cnc5C(F)F)CC4)c4ccccc43)cn2)n1. The molecule has 216 valence electrons. The molecule has 1 N–H and O–H groups in total. The second-order valence-corrected chi connectivity index (χ2v) is 11.0. The number of pyridine rings is 2. The van der Waals surface area contributed by atoms with Gasteiger partial charge in [-0.2, -0.15) is 5.10 Å². The lowest BCUT2D eigenvalue weighted by atomic mass is 9.85. The van der Waals surface area contributed by atoms with Crippen molar-refractivity contribution < 1.29 is 13.6 Å². The van der Waals surface area contributed by atoms with Crippen LogP contribution in [0.4, 0.5) is 8.78 Å². The third-order valence-electron chi connectivity index (χ3n) is 7.78. The molecule has 4 heterocycles. The first-order valence-electron chi connectivity index (χ1n) is 13.7. The Morgan fingerprint density at radius 2 is 1.79 bits per heavy atom. The Morgan fingerprint density at radius 3 is 2.45 bits per heavy atom. The Hall–Kier alpha value is -4.38. The Kier molecular flexibility index (Phi) is 7.59. The van der Waals surface area contributed by atoms with Gasteiger partial charge >= 0.3 is 5.69 Å². The van der Waals surface area contributed by atoms with E-state index < -0.39 is 18.0 Å². The summed E-state index contributed by atoms with van der Waals surface area (Å²) in [5.41, 5.74) is 2.83. The molecule has 0 saturated heterocycles. The largest absolute Gasteiger partial charge is 0.349 e. The Balaban J connectivity index is 1.17. The molecule has 1 saturated carbocycles. The maximum atomic E-state index is 13.7. The van der Waals surface area contributed by atoms with E-state index in [1.54, 1.807) is 20.0 Å². The predicted octanol–water partition coefficient (Wildman–Crippen LogP) is 5.56. The summed E-state index contributed by atoms with van der Waals surface area (Å²) in [5.74, 6) is -0.394. The Labute approximate surface area is 244 Å². The van der Waals surface area contributed by atoms with Crippen molar-refractivity contribution in [1.82, 2.24) is 34.2 Å². The number of carbonyl (C=O) groups excluding carboxylic acids is 1.